The van der Waals surface area contributed by atoms with Crippen LogP contribution in [0.4, 0.5) is 0 Å². The van der Waals surface area contributed by atoms with Crippen molar-refractivity contribution in [3.63, 3.8) is 0 Å². The lowest BCUT2D eigenvalue weighted by atomic mass is 9.99. The van der Waals surface area contributed by atoms with Gasteiger partial charge in [-0.1, -0.05) is 227 Å². The van der Waals surface area contributed by atoms with Gasteiger partial charge in [-0.15, -0.1) is 0 Å². The van der Waals surface area contributed by atoms with Crippen molar-refractivity contribution in [3.05, 3.63) is 0 Å². The fourth-order valence-electron chi connectivity index (χ4n) is 7.12. The van der Waals surface area contributed by atoms with Crippen LogP contribution in [0.15, 0.2) is 0 Å². The molecule has 1 unspecified atom stereocenters. The maximum absolute atomic E-state index is 12.6. The van der Waals surface area contributed by atoms with E-state index in [9.17, 15) is 14.4 Å². The van der Waals surface area contributed by atoms with Crippen LogP contribution in [0.2, 0.25) is 0 Å². The molecule has 0 spiro atoms. The number of hydrogen-bond donors (Lipinski definition) is 0. The van der Waals surface area contributed by atoms with Gasteiger partial charge in [-0.2, -0.15) is 0 Å². The molecule has 320 valence electrons. The predicted octanol–water partition coefficient (Wildman–Crippen LogP) is 15.1. The van der Waals surface area contributed by atoms with Crippen LogP contribution < -0.4 is 0 Å². The van der Waals surface area contributed by atoms with Crippen LogP contribution in [0, 0.1) is 5.92 Å². The van der Waals surface area contributed by atoms with E-state index < -0.39 is 6.10 Å². The molecule has 0 aromatic carbocycles. The van der Waals surface area contributed by atoms with Gasteiger partial charge in [0, 0.05) is 19.3 Å². The van der Waals surface area contributed by atoms with E-state index in [-0.39, 0.29) is 31.1 Å². The topological polar surface area (TPSA) is 78.9 Å². The molecule has 0 amide bonds. The molecular weight excluding hydrogens is 673 g/mol. The van der Waals surface area contributed by atoms with E-state index in [2.05, 4.69) is 27.7 Å². The van der Waals surface area contributed by atoms with Gasteiger partial charge in [-0.25, -0.2) is 0 Å². The highest BCUT2D eigenvalue weighted by atomic mass is 16.6. The van der Waals surface area contributed by atoms with Crippen molar-refractivity contribution in [1.29, 1.82) is 0 Å². The summed E-state index contributed by atoms with van der Waals surface area (Å²) in [6.07, 6.45) is 42.3. The standard InChI is InChI=1S/C48H92O6/c1-5-8-10-12-14-15-20-24-28-31-35-39-46(49)52-42-45(54-48(51)41-37-33-26-13-11-9-6-2)43-53-47(50)40-36-32-29-25-22-19-17-16-18-21-23-27-30-34-38-44(4)7-3/h44-45H,5-43H2,1-4H3/t44?,45-/m1/s1. The molecule has 0 rings (SSSR count). The van der Waals surface area contributed by atoms with Crippen molar-refractivity contribution in [1.82, 2.24) is 0 Å². The largest absolute Gasteiger partial charge is 0.462 e. The first-order chi connectivity index (χ1) is 26.4. The minimum Gasteiger partial charge on any atom is -0.462 e. The highest BCUT2D eigenvalue weighted by Crippen LogP contribution is 2.17. The van der Waals surface area contributed by atoms with E-state index in [4.69, 9.17) is 14.2 Å². The predicted molar refractivity (Wildman–Crippen MR) is 229 cm³/mol. The van der Waals surface area contributed by atoms with Gasteiger partial charge in [0.15, 0.2) is 6.10 Å². The SMILES string of the molecule is CCCCCCCCCCCCCC(=O)OC[C@H](COC(=O)CCCCCCCCCCCCCCCCC(C)CC)OC(=O)CCCCCCCCC. The quantitative estimate of drug-likeness (QED) is 0.0349. The molecule has 0 aromatic heterocycles. The summed E-state index contributed by atoms with van der Waals surface area (Å²) in [5, 5.41) is 0. The van der Waals surface area contributed by atoms with E-state index in [1.165, 1.54) is 161 Å². The lowest BCUT2D eigenvalue weighted by Crippen LogP contribution is -2.30. The van der Waals surface area contributed by atoms with E-state index in [0.29, 0.717) is 19.3 Å². The van der Waals surface area contributed by atoms with Gasteiger partial charge in [0.2, 0.25) is 0 Å². The number of ether oxygens (including phenoxy) is 3. The van der Waals surface area contributed by atoms with Crippen LogP contribution in [0.25, 0.3) is 0 Å². The molecule has 2 atom stereocenters. The van der Waals surface area contributed by atoms with Crippen LogP contribution in [-0.2, 0) is 28.6 Å². The molecule has 54 heavy (non-hydrogen) atoms. The molecule has 6 heteroatoms. The first-order valence-electron chi connectivity index (χ1n) is 23.9. The number of rotatable bonds is 43. The van der Waals surface area contributed by atoms with Crippen LogP contribution in [0.1, 0.15) is 265 Å². The molecule has 0 N–H and O–H groups in total. The summed E-state index contributed by atoms with van der Waals surface area (Å²) < 4.78 is 16.7. The van der Waals surface area contributed by atoms with Crippen LogP contribution in [0.3, 0.4) is 0 Å². The van der Waals surface area contributed by atoms with Crippen molar-refractivity contribution < 1.29 is 28.6 Å². The summed E-state index contributed by atoms with van der Waals surface area (Å²) in [7, 11) is 0. The Balaban J connectivity index is 4.17. The Morgan fingerprint density at radius 3 is 0.963 bits per heavy atom. The highest BCUT2D eigenvalue weighted by molar-refractivity contribution is 5.71. The molecule has 0 aliphatic heterocycles. The zero-order valence-electron chi connectivity index (χ0n) is 36.7. The molecule has 0 aromatic rings. The zero-order valence-corrected chi connectivity index (χ0v) is 36.7. The lowest BCUT2D eigenvalue weighted by molar-refractivity contribution is -0.167. The van der Waals surface area contributed by atoms with Crippen molar-refractivity contribution in [2.24, 2.45) is 5.92 Å². The Morgan fingerprint density at radius 1 is 0.370 bits per heavy atom. The Kier molecular flexibility index (Phi) is 41.3. The number of hydrogen-bond acceptors (Lipinski definition) is 6. The molecule has 0 radical (unpaired) electrons. The summed E-state index contributed by atoms with van der Waals surface area (Å²) in [5.41, 5.74) is 0. The molecule has 0 saturated heterocycles. The van der Waals surface area contributed by atoms with Gasteiger partial charge in [0.05, 0.1) is 0 Å². The second kappa shape index (κ2) is 42.6. The summed E-state index contributed by atoms with van der Waals surface area (Å²) in [4.78, 5) is 37.6. The van der Waals surface area contributed by atoms with Crippen LogP contribution in [-0.4, -0.2) is 37.2 Å². The van der Waals surface area contributed by atoms with Gasteiger partial charge in [0.1, 0.15) is 13.2 Å². The monoisotopic (exact) mass is 765 g/mol. The number of carbonyl (C=O) groups is 3. The molecule has 6 nitrogen and oxygen atoms in total. The summed E-state index contributed by atoms with van der Waals surface area (Å²) in [6.45, 7) is 9.00. The lowest BCUT2D eigenvalue weighted by Gasteiger charge is -2.18. The molecule has 0 fully saturated rings. The zero-order chi connectivity index (χ0) is 39.6. The van der Waals surface area contributed by atoms with Gasteiger partial charge in [-0.3, -0.25) is 14.4 Å². The normalized spacial score (nSPS) is 12.4. The Morgan fingerprint density at radius 2 is 0.648 bits per heavy atom. The van der Waals surface area contributed by atoms with E-state index in [1.54, 1.807) is 0 Å². The Hall–Kier alpha value is -1.59. The highest BCUT2D eigenvalue weighted by Gasteiger charge is 2.19. The average molecular weight is 765 g/mol. The summed E-state index contributed by atoms with van der Waals surface area (Å²) in [6, 6.07) is 0. The summed E-state index contributed by atoms with van der Waals surface area (Å²) >= 11 is 0. The van der Waals surface area contributed by atoms with Crippen LogP contribution in [0.5, 0.6) is 0 Å². The first kappa shape index (κ1) is 52.4. The van der Waals surface area contributed by atoms with E-state index in [0.717, 1.165) is 63.7 Å². The van der Waals surface area contributed by atoms with Crippen molar-refractivity contribution >= 4 is 17.9 Å². The van der Waals surface area contributed by atoms with E-state index in [1.807, 2.05) is 0 Å². The van der Waals surface area contributed by atoms with Crippen LogP contribution >= 0.6 is 0 Å². The number of esters is 3. The molecule has 0 aliphatic rings. The van der Waals surface area contributed by atoms with Gasteiger partial charge < -0.3 is 14.2 Å². The van der Waals surface area contributed by atoms with Crippen molar-refractivity contribution in [3.8, 4) is 0 Å². The van der Waals surface area contributed by atoms with Crippen molar-refractivity contribution in [2.75, 3.05) is 13.2 Å². The maximum Gasteiger partial charge on any atom is 0.306 e. The minimum absolute atomic E-state index is 0.0639. The third-order valence-corrected chi connectivity index (χ3v) is 11.2. The second-order valence-electron chi connectivity index (χ2n) is 16.6. The fourth-order valence-corrected chi connectivity index (χ4v) is 7.12. The number of unbranched alkanes of at least 4 members (excludes halogenated alkanes) is 29. The molecular formula is C48H92O6. The van der Waals surface area contributed by atoms with E-state index >= 15 is 0 Å². The smallest absolute Gasteiger partial charge is 0.306 e. The van der Waals surface area contributed by atoms with Gasteiger partial charge in [-0.05, 0) is 25.2 Å². The number of carbonyl (C=O) groups excluding carboxylic acids is 3. The molecule has 0 bridgehead atoms. The third-order valence-electron chi connectivity index (χ3n) is 11.2. The van der Waals surface area contributed by atoms with Gasteiger partial charge >= 0.3 is 17.9 Å². The minimum atomic E-state index is -0.758. The Bertz CT molecular complexity index is 813. The van der Waals surface area contributed by atoms with Gasteiger partial charge in [0.25, 0.3) is 0 Å². The Labute approximate surface area is 336 Å². The third kappa shape index (κ3) is 40.1. The second-order valence-corrected chi connectivity index (χ2v) is 16.6. The van der Waals surface area contributed by atoms with Crippen molar-refractivity contribution in [2.45, 2.75) is 271 Å². The average Bonchev–Trinajstić information content (AvgIpc) is 3.17. The molecule has 0 aliphatic carbocycles. The maximum atomic E-state index is 12.6. The summed E-state index contributed by atoms with van der Waals surface area (Å²) in [5.74, 6) is 0.0377. The molecule has 0 saturated carbocycles. The molecule has 0 heterocycles. The first-order valence-corrected chi connectivity index (χ1v) is 23.9. The fraction of sp³-hybridized carbons (Fsp3) is 0.938.